The summed E-state index contributed by atoms with van der Waals surface area (Å²) in [6.45, 7) is 2.06. The average Bonchev–Trinajstić information content (AvgIpc) is 3.27. The van der Waals surface area contributed by atoms with Gasteiger partial charge in [0.1, 0.15) is 10.8 Å². The van der Waals surface area contributed by atoms with Gasteiger partial charge in [0.05, 0.1) is 18.8 Å². The number of hydrogen-bond donors (Lipinski definition) is 2. The maximum Gasteiger partial charge on any atom is 0.248 e. The predicted octanol–water partition coefficient (Wildman–Crippen LogP) is 3.85. The highest BCUT2D eigenvalue weighted by Gasteiger charge is 2.19. The number of nitrogens with zero attached hydrogens (tertiary/aromatic N) is 1. The molecule has 1 heterocycles. The van der Waals surface area contributed by atoms with Crippen LogP contribution in [0.5, 0.6) is 5.75 Å². The van der Waals surface area contributed by atoms with E-state index < -0.39 is 5.91 Å². The first-order valence-electron chi connectivity index (χ1n) is 10.2. The Balaban J connectivity index is 1.69. The fraction of sp³-hybridized carbons (Fsp3) is 0.292. The normalized spacial score (nSPS) is 11.7. The van der Waals surface area contributed by atoms with E-state index in [1.807, 2.05) is 41.8 Å². The molecule has 3 aromatic rings. The first-order chi connectivity index (χ1) is 15.0. The molecule has 0 bridgehead atoms. The summed E-state index contributed by atoms with van der Waals surface area (Å²) in [6.07, 6.45) is 2.43. The van der Waals surface area contributed by atoms with Crippen LogP contribution in [-0.4, -0.2) is 23.9 Å². The molecule has 0 aliphatic rings. The molecule has 0 aliphatic carbocycles. The quantitative estimate of drug-likeness (QED) is 0.504. The number of carbonyl (C=O) groups excluding carboxylic acids is 2. The lowest BCUT2D eigenvalue weighted by Gasteiger charge is -2.17. The summed E-state index contributed by atoms with van der Waals surface area (Å²) in [5, 5.41) is 6.05. The van der Waals surface area contributed by atoms with Gasteiger partial charge in [-0.3, -0.25) is 9.59 Å². The molecule has 3 rings (SSSR count). The second-order valence-corrected chi connectivity index (χ2v) is 8.16. The van der Waals surface area contributed by atoms with Crippen molar-refractivity contribution in [3.63, 3.8) is 0 Å². The van der Waals surface area contributed by atoms with E-state index in [0.29, 0.717) is 24.8 Å². The third kappa shape index (κ3) is 6.39. The van der Waals surface area contributed by atoms with E-state index in [1.54, 1.807) is 30.6 Å². The fourth-order valence-corrected chi connectivity index (χ4v) is 4.19. The van der Waals surface area contributed by atoms with E-state index in [-0.39, 0.29) is 11.9 Å². The van der Waals surface area contributed by atoms with E-state index in [0.717, 1.165) is 34.0 Å². The minimum absolute atomic E-state index is 0.0326. The van der Waals surface area contributed by atoms with Crippen molar-refractivity contribution in [1.29, 1.82) is 0 Å². The number of hydrogen-bond acceptors (Lipinski definition) is 5. The summed E-state index contributed by atoms with van der Waals surface area (Å²) < 4.78 is 5.25. The van der Waals surface area contributed by atoms with Crippen molar-refractivity contribution in [3.8, 4) is 5.75 Å². The van der Waals surface area contributed by atoms with Gasteiger partial charge in [0.15, 0.2) is 0 Å². The Morgan fingerprint density at radius 2 is 1.94 bits per heavy atom. The van der Waals surface area contributed by atoms with Crippen LogP contribution >= 0.6 is 11.3 Å². The lowest BCUT2D eigenvalue weighted by molar-refractivity contribution is -0.121. The van der Waals surface area contributed by atoms with E-state index in [9.17, 15) is 9.59 Å². The van der Waals surface area contributed by atoms with E-state index in [4.69, 9.17) is 10.5 Å². The van der Waals surface area contributed by atoms with Crippen LogP contribution in [0.15, 0.2) is 53.9 Å². The fourth-order valence-electron chi connectivity index (χ4n) is 3.24. The Morgan fingerprint density at radius 3 is 2.58 bits per heavy atom. The zero-order valence-corrected chi connectivity index (χ0v) is 18.6. The maximum absolute atomic E-state index is 12.7. The smallest absolute Gasteiger partial charge is 0.248 e. The van der Waals surface area contributed by atoms with E-state index >= 15 is 0 Å². The standard InChI is InChI=1S/C24H27N3O3S/c1-3-19-15-31-24(26-19)21(14-17-7-10-18(11-8-17)23(25)29)27-22(28)12-9-16-5-4-6-20(13-16)30-2/h4-8,10-11,13,15,21H,3,9,12,14H2,1-2H3,(H2,25,29)(H,27,28). The number of nitrogens with one attached hydrogen (secondary N) is 1. The Bertz CT molecular complexity index is 1030. The molecule has 0 fully saturated rings. The summed E-state index contributed by atoms with van der Waals surface area (Å²) in [5.74, 6) is 0.293. The van der Waals surface area contributed by atoms with Gasteiger partial charge in [0.25, 0.3) is 0 Å². The van der Waals surface area contributed by atoms with Gasteiger partial charge in [0, 0.05) is 17.4 Å². The number of carbonyl (C=O) groups is 2. The summed E-state index contributed by atoms with van der Waals surface area (Å²) in [5.41, 5.74) is 8.85. The highest BCUT2D eigenvalue weighted by molar-refractivity contribution is 7.09. The number of amides is 2. The highest BCUT2D eigenvalue weighted by atomic mass is 32.1. The molecular weight excluding hydrogens is 410 g/mol. The molecule has 162 valence electrons. The number of thiazole rings is 1. The minimum atomic E-state index is -0.457. The van der Waals surface area contributed by atoms with Crippen LogP contribution in [0.3, 0.4) is 0 Å². The maximum atomic E-state index is 12.7. The number of aromatic nitrogens is 1. The molecule has 6 nitrogen and oxygen atoms in total. The van der Waals surface area contributed by atoms with Crippen LogP contribution in [0, 0.1) is 0 Å². The van der Waals surface area contributed by atoms with Crippen LogP contribution in [0.2, 0.25) is 0 Å². The Kier molecular flexibility index (Phi) is 7.78. The molecule has 1 unspecified atom stereocenters. The molecule has 2 aromatic carbocycles. The summed E-state index contributed by atoms with van der Waals surface area (Å²) in [7, 11) is 1.63. The van der Waals surface area contributed by atoms with Gasteiger partial charge in [-0.1, -0.05) is 31.2 Å². The van der Waals surface area contributed by atoms with Crippen molar-refractivity contribution in [3.05, 3.63) is 81.3 Å². The third-order valence-corrected chi connectivity index (χ3v) is 6.03. The van der Waals surface area contributed by atoms with Gasteiger partial charge in [-0.25, -0.2) is 4.98 Å². The molecule has 3 N–H and O–H groups in total. The first kappa shape index (κ1) is 22.5. The van der Waals surface area contributed by atoms with E-state index in [2.05, 4.69) is 17.2 Å². The number of primary amides is 1. The molecule has 0 aliphatic heterocycles. The zero-order valence-electron chi connectivity index (χ0n) is 17.8. The van der Waals surface area contributed by atoms with Gasteiger partial charge >= 0.3 is 0 Å². The predicted molar refractivity (Wildman–Crippen MR) is 122 cm³/mol. The van der Waals surface area contributed by atoms with Crippen molar-refractivity contribution in [2.24, 2.45) is 5.73 Å². The molecule has 0 radical (unpaired) electrons. The summed E-state index contributed by atoms with van der Waals surface area (Å²) in [4.78, 5) is 28.7. The number of nitrogens with two attached hydrogens (primary N) is 1. The number of ether oxygens (including phenoxy) is 1. The van der Waals surface area contributed by atoms with Crippen LogP contribution in [0.25, 0.3) is 0 Å². The second kappa shape index (κ2) is 10.7. The Hall–Kier alpha value is -3.19. The number of rotatable bonds is 10. The molecule has 0 saturated heterocycles. The van der Waals surface area contributed by atoms with Crippen molar-refractivity contribution in [1.82, 2.24) is 10.3 Å². The molecule has 2 amide bonds. The van der Waals surface area contributed by atoms with Crippen LogP contribution < -0.4 is 15.8 Å². The monoisotopic (exact) mass is 437 g/mol. The largest absolute Gasteiger partial charge is 0.497 e. The van der Waals surface area contributed by atoms with Gasteiger partial charge in [0.2, 0.25) is 11.8 Å². The van der Waals surface area contributed by atoms with Crippen molar-refractivity contribution in [2.45, 2.75) is 38.6 Å². The van der Waals surface area contributed by atoms with Gasteiger partial charge in [-0.2, -0.15) is 0 Å². The first-order valence-corrected chi connectivity index (χ1v) is 11.1. The highest BCUT2D eigenvalue weighted by Crippen LogP contribution is 2.23. The topological polar surface area (TPSA) is 94.3 Å². The van der Waals surface area contributed by atoms with Crippen molar-refractivity contribution >= 4 is 23.2 Å². The molecule has 0 spiro atoms. The lowest BCUT2D eigenvalue weighted by atomic mass is 10.0. The SMILES string of the molecule is CCc1csc(C(Cc2ccc(C(N)=O)cc2)NC(=O)CCc2cccc(OC)c2)n1. The Labute approximate surface area is 186 Å². The van der Waals surface area contributed by atoms with Crippen LogP contribution in [-0.2, 0) is 24.1 Å². The van der Waals surface area contributed by atoms with Crippen molar-refractivity contribution < 1.29 is 14.3 Å². The summed E-state index contributed by atoms with van der Waals surface area (Å²) >= 11 is 1.55. The second-order valence-electron chi connectivity index (χ2n) is 7.27. The number of methoxy groups -OCH3 is 1. The molecule has 1 aromatic heterocycles. The van der Waals surface area contributed by atoms with Crippen molar-refractivity contribution in [2.75, 3.05) is 7.11 Å². The molecular formula is C24H27N3O3S. The lowest BCUT2D eigenvalue weighted by Crippen LogP contribution is -2.30. The van der Waals surface area contributed by atoms with Gasteiger partial charge in [-0.05, 0) is 54.7 Å². The molecule has 0 saturated carbocycles. The molecule has 1 atom stereocenters. The molecule has 31 heavy (non-hydrogen) atoms. The van der Waals surface area contributed by atoms with E-state index in [1.165, 1.54) is 0 Å². The van der Waals surface area contributed by atoms with Crippen LogP contribution in [0.1, 0.15) is 51.6 Å². The molecule has 7 heteroatoms. The van der Waals surface area contributed by atoms with Crippen LogP contribution in [0.4, 0.5) is 0 Å². The average molecular weight is 438 g/mol. The van der Waals surface area contributed by atoms with Gasteiger partial charge in [-0.15, -0.1) is 11.3 Å². The third-order valence-electron chi connectivity index (χ3n) is 5.02. The van der Waals surface area contributed by atoms with Gasteiger partial charge < -0.3 is 15.8 Å². The number of benzene rings is 2. The minimum Gasteiger partial charge on any atom is -0.497 e. The number of aryl methyl sites for hydroxylation is 2. The Morgan fingerprint density at radius 1 is 1.16 bits per heavy atom. The zero-order chi connectivity index (χ0) is 22.2. The summed E-state index contributed by atoms with van der Waals surface area (Å²) in [6, 6.07) is 14.7.